The lowest BCUT2D eigenvalue weighted by Gasteiger charge is -2.13. The van der Waals surface area contributed by atoms with Crippen LogP contribution in [0.25, 0.3) is 0 Å². The molecule has 0 heterocycles. The zero-order chi connectivity index (χ0) is 14.4. The number of methoxy groups -OCH3 is 1. The normalized spacial score (nSPS) is 11.5. The van der Waals surface area contributed by atoms with Gasteiger partial charge in [-0.05, 0) is 19.1 Å². The molecule has 0 saturated carbocycles. The van der Waals surface area contributed by atoms with Gasteiger partial charge in [-0.1, -0.05) is 17.7 Å². The summed E-state index contributed by atoms with van der Waals surface area (Å²) in [5.41, 5.74) is 0.629. The third-order valence-electron chi connectivity index (χ3n) is 2.44. The number of halogens is 1. The molecule has 104 valence electrons. The van der Waals surface area contributed by atoms with E-state index >= 15 is 0 Å². The van der Waals surface area contributed by atoms with Crippen LogP contribution in [-0.4, -0.2) is 30.3 Å². The highest BCUT2D eigenvalue weighted by Gasteiger charge is 2.14. The van der Waals surface area contributed by atoms with Gasteiger partial charge in [0.1, 0.15) is 11.8 Å². The number of nitrogens with one attached hydrogen (secondary N) is 2. The lowest BCUT2D eigenvalue weighted by Crippen LogP contribution is -2.44. The van der Waals surface area contributed by atoms with E-state index in [4.69, 9.17) is 21.4 Å². The summed E-state index contributed by atoms with van der Waals surface area (Å²) in [6.45, 7) is 1.51. The van der Waals surface area contributed by atoms with Gasteiger partial charge in [0.2, 0.25) is 0 Å². The number of hydrogen-bond acceptors (Lipinski definition) is 3. The minimum atomic E-state index is -1.11. The van der Waals surface area contributed by atoms with Crippen molar-refractivity contribution in [2.45, 2.75) is 19.5 Å². The molecule has 0 fully saturated rings. The van der Waals surface area contributed by atoms with Crippen LogP contribution in [0.3, 0.4) is 0 Å². The maximum Gasteiger partial charge on any atom is 0.325 e. The third kappa shape index (κ3) is 4.33. The Labute approximate surface area is 115 Å². The summed E-state index contributed by atoms with van der Waals surface area (Å²) in [5, 5.41) is 13.9. The fourth-order valence-corrected chi connectivity index (χ4v) is 1.61. The van der Waals surface area contributed by atoms with Crippen LogP contribution < -0.4 is 15.4 Å². The molecule has 0 spiro atoms. The molecule has 6 nitrogen and oxygen atoms in total. The quantitative estimate of drug-likeness (QED) is 0.767. The molecule has 0 unspecified atom stereocenters. The van der Waals surface area contributed by atoms with E-state index in [2.05, 4.69) is 10.6 Å². The Morgan fingerprint density at radius 1 is 1.47 bits per heavy atom. The van der Waals surface area contributed by atoms with Crippen LogP contribution in [0.4, 0.5) is 4.79 Å². The zero-order valence-corrected chi connectivity index (χ0v) is 11.3. The number of rotatable bonds is 5. The van der Waals surface area contributed by atoms with E-state index in [1.807, 2.05) is 0 Å². The molecule has 0 aliphatic heterocycles. The molecular formula is C12H15ClN2O4. The predicted octanol–water partition coefficient (Wildman–Crippen LogP) is 1.62. The summed E-state index contributed by atoms with van der Waals surface area (Å²) in [6.07, 6.45) is 0. The molecule has 1 aromatic rings. The molecule has 0 aromatic heterocycles. The molecule has 0 radical (unpaired) electrons. The van der Waals surface area contributed by atoms with Crippen molar-refractivity contribution in [3.8, 4) is 5.75 Å². The van der Waals surface area contributed by atoms with E-state index in [0.717, 1.165) is 0 Å². The second-order valence-corrected chi connectivity index (χ2v) is 4.21. The second-order valence-electron chi connectivity index (χ2n) is 3.81. The Morgan fingerprint density at radius 3 is 2.74 bits per heavy atom. The highest BCUT2D eigenvalue weighted by molar-refractivity contribution is 6.31. The Balaban J connectivity index is 2.62. The fraction of sp³-hybridized carbons (Fsp3) is 0.333. The molecule has 2 amide bonds. The second kappa shape index (κ2) is 6.84. The monoisotopic (exact) mass is 286 g/mol. The summed E-state index contributed by atoms with van der Waals surface area (Å²) in [6, 6.07) is 3.58. The zero-order valence-electron chi connectivity index (χ0n) is 10.6. The summed E-state index contributed by atoms with van der Waals surface area (Å²) in [5.74, 6) is -0.551. The van der Waals surface area contributed by atoms with Gasteiger partial charge in [0.25, 0.3) is 0 Å². The molecule has 3 N–H and O–H groups in total. The minimum Gasteiger partial charge on any atom is -0.496 e. The predicted molar refractivity (Wildman–Crippen MR) is 70.5 cm³/mol. The summed E-state index contributed by atoms with van der Waals surface area (Å²) in [4.78, 5) is 22.1. The van der Waals surface area contributed by atoms with E-state index in [0.29, 0.717) is 16.3 Å². The Morgan fingerprint density at radius 2 is 2.16 bits per heavy atom. The summed E-state index contributed by atoms with van der Waals surface area (Å²) < 4.78 is 5.13. The first-order valence-corrected chi connectivity index (χ1v) is 5.92. The van der Waals surface area contributed by atoms with Crippen LogP contribution in [0.2, 0.25) is 5.02 Å². The Bertz CT molecular complexity index is 479. The lowest BCUT2D eigenvalue weighted by molar-refractivity contribution is -0.138. The Hall–Kier alpha value is -1.95. The van der Waals surface area contributed by atoms with Crippen molar-refractivity contribution in [3.63, 3.8) is 0 Å². The summed E-state index contributed by atoms with van der Waals surface area (Å²) in [7, 11) is 1.50. The number of hydrogen-bond donors (Lipinski definition) is 3. The molecule has 19 heavy (non-hydrogen) atoms. The number of carboxylic acids is 1. The first-order chi connectivity index (χ1) is 8.95. The minimum absolute atomic E-state index is 0.140. The van der Waals surface area contributed by atoms with Crippen molar-refractivity contribution in [2.75, 3.05) is 7.11 Å². The Kier molecular flexibility index (Phi) is 5.44. The van der Waals surface area contributed by atoms with Gasteiger partial charge in [-0.2, -0.15) is 0 Å². The number of aliphatic carboxylic acids is 1. The van der Waals surface area contributed by atoms with Crippen LogP contribution in [0.1, 0.15) is 12.5 Å². The van der Waals surface area contributed by atoms with Crippen LogP contribution in [0.15, 0.2) is 18.2 Å². The van der Waals surface area contributed by atoms with Crippen molar-refractivity contribution in [3.05, 3.63) is 28.8 Å². The molecule has 0 bridgehead atoms. The SMILES string of the molecule is COc1cccc(Cl)c1CNC(=O)N[C@@H](C)C(=O)O. The van der Waals surface area contributed by atoms with E-state index in [1.165, 1.54) is 14.0 Å². The topological polar surface area (TPSA) is 87.7 Å². The average molecular weight is 287 g/mol. The molecule has 1 rings (SSSR count). The fourth-order valence-electron chi connectivity index (χ4n) is 1.38. The standard InChI is InChI=1S/C12H15ClN2O4/c1-7(11(16)17)15-12(18)14-6-8-9(13)4-3-5-10(8)19-2/h3-5,7H,6H2,1-2H3,(H,16,17)(H2,14,15,18)/t7-/m0/s1. The average Bonchev–Trinajstić information content (AvgIpc) is 2.36. The van der Waals surface area contributed by atoms with E-state index in [9.17, 15) is 9.59 Å². The molecule has 0 aliphatic rings. The maximum absolute atomic E-state index is 11.5. The van der Waals surface area contributed by atoms with Crippen LogP contribution in [0, 0.1) is 0 Å². The van der Waals surface area contributed by atoms with E-state index in [1.54, 1.807) is 18.2 Å². The summed E-state index contributed by atoms with van der Waals surface area (Å²) >= 11 is 6.00. The smallest absolute Gasteiger partial charge is 0.325 e. The van der Waals surface area contributed by atoms with E-state index in [-0.39, 0.29) is 6.54 Å². The highest BCUT2D eigenvalue weighted by atomic mass is 35.5. The van der Waals surface area contributed by atoms with E-state index < -0.39 is 18.0 Å². The lowest BCUT2D eigenvalue weighted by atomic mass is 10.2. The van der Waals surface area contributed by atoms with Gasteiger partial charge in [-0.3, -0.25) is 4.79 Å². The maximum atomic E-state index is 11.5. The van der Waals surface area contributed by atoms with Crippen LogP contribution in [0.5, 0.6) is 5.75 Å². The van der Waals surface area contributed by atoms with Gasteiger partial charge in [0.05, 0.1) is 7.11 Å². The number of amides is 2. The van der Waals surface area contributed by atoms with Gasteiger partial charge in [0, 0.05) is 17.1 Å². The van der Waals surface area contributed by atoms with Crippen molar-refractivity contribution < 1.29 is 19.4 Å². The highest BCUT2D eigenvalue weighted by Crippen LogP contribution is 2.25. The van der Waals surface area contributed by atoms with Gasteiger partial charge >= 0.3 is 12.0 Å². The molecule has 0 saturated heterocycles. The van der Waals surface area contributed by atoms with Gasteiger partial charge < -0.3 is 20.5 Å². The van der Waals surface area contributed by atoms with Crippen molar-refractivity contribution in [1.29, 1.82) is 0 Å². The van der Waals surface area contributed by atoms with Crippen LogP contribution in [-0.2, 0) is 11.3 Å². The number of urea groups is 1. The number of benzene rings is 1. The van der Waals surface area contributed by atoms with Crippen LogP contribution >= 0.6 is 11.6 Å². The van der Waals surface area contributed by atoms with Crippen molar-refractivity contribution in [2.24, 2.45) is 0 Å². The molecule has 0 aliphatic carbocycles. The number of ether oxygens (including phenoxy) is 1. The third-order valence-corrected chi connectivity index (χ3v) is 2.79. The molecule has 1 atom stereocenters. The van der Waals surface area contributed by atoms with Gasteiger partial charge in [0.15, 0.2) is 0 Å². The van der Waals surface area contributed by atoms with Gasteiger partial charge in [-0.15, -0.1) is 0 Å². The first kappa shape index (κ1) is 15.1. The van der Waals surface area contributed by atoms with Gasteiger partial charge in [-0.25, -0.2) is 4.79 Å². The number of carboxylic acid groups (broad SMARTS) is 1. The molecule has 7 heteroatoms. The number of carbonyl (C=O) groups is 2. The molecular weight excluding hydrogens is 272 g/mol. The van der Waals surface area contributed by atoms with Crippen molar-refractivity contribution in [1.82, 2.24) is 10.6 Å². The molecule has 1 aromatic carbocycles. The number of carbonyl (C=O) groups excluding carboxylic acids is 1. The largest absolute Gasteiger partial charge is 0.496 e. The van der Waals surface area contributed by atoms with Crippen molar-refractivity contribution >= 4 is 23.6 Å². The first-order valence-electron chi connectivity index (χ1n) is 5.54.